The van der Waals surface area contributed by atoms with E-state index in [1.165, 1.54) is 22.9 Å². The molecule has 2 aromatic rings. The second-order valence-electron chi connectivity index (χ2n) is 8.20. The molecule has 0 radical (unpaired) electrons. The Kier molecular flexibility index (Phi) is 8.28. The first-order valence-electron chi connectivity index (χ1n) is 11.0. The molecule has 1 aromatic carbocycles. The summed E-state index contributed by atoms with van der Waals surface area (Å²) in [5.74, 6) is -0.667. The molecule has 1 aliphatic rings. The van der Waals surface area contributed by atoms with E-state index in [1.54, 1.807) is 4.90 Å². The first-order chi connectivity index (χ1) is 15.7. The maximum atomic E-state index is 12.9. The van der Waals surface area contributed by atoms with Crippen LogP contribution >= 0.6 is 11.3 Å². The first-order valence-corrected chi connectivity index (χ1v) is 13.3. The third kappa shape index (κ3) is 5.81. The van der Waals surface area contributed by atoms with Crippen LogP contribution in [-0.2, 0) is 21.3 Å². The molecule has 3 rings (SSSR count). The predicted molar refractivity (Wildman–Crippen MR) is 128 cm³/mol. The molecule has 1 aromatic heterocycles. The molecule has 1 amide bonds. The summed E-state index contributed by atoms with van der Waals surface area (Å²) >= 11 is 0.992. The summed E-state index contributed by atoms with van der Waals surface area (Å²) in [6, 6.07) is 9.43. The lowest BCUT2D eigenvalue weighted by molar-refractivity contribution is 0.0600. The fourth-order valence-corrected chi connectivity index (χ4v) is 6.49. The van der Waals surface area contributed by atoms with Gasteiger partial charge < -0.3 is 9.64 Å². The molecule has 33 heavy (non-hydrogen) atoms. The van der Waals surface area contributed by atoms with E-state index in [1.807, 2.05) is 24.3 Å². The van der Waals surface area contributed by atoms with Crippen LogP contribution in [0.1, 0.15) is 47.1 Å². The highest BCUT2D eigenvalue weighted by atomic mass is 32.2. The number of sulfonamides is 1. The topological polar surface area (TPSA) is 87.2 Å². The third-order valence-corrected chi connectivity index (χ3v) is 9.15. The molecular weight excluding hydrogens is 462 g/mol. The van der Waals surface area contributed by atoms with E-state index in [0.29, 0.717) is 24.7 Å². The summed E-state index contributed by atoms with van der Waals surface area (Å²) in [6.07, 6.45) is 0. The molecule has 1 fully saturated rings. The fourth-order valence-electron chi connectivity index (χ4n) is 3.76. The van der Waals surface area contributed by atoms with Gasteiger partial charge in [0.2, 0.25) is 0 Å². The van der Waals surface area contributed by atoms with Crippen LogP contribution in [0.5, 0.6) is 0 Å². The van der Waals surface area contributed by atoms with Crippen molar-refractivity contribution in [1.29, 1.82) is 0 Å². The molecular formula is C23H31N3O5S2. The van der Waals surface area contributed by atoms with Crippen LogP contribution in [0, 0.1) is 0 Å². The predicted octanol–water partition coefficient (Wildman–Crippen LogP) is 2.91. The Morgan fingerprint density at radius 3 is 2.27 bits per heavy atom. The van der Waals surface area contributed by atoms with Crippen molar-refractivity contribution < 1.29 is 22.7 Å². The normalized spacial score (nSPS) is 15.3. The first kappa shape index (κ1) is 25.4. The molecule has 0 saturated carbocycles. The summed E-state index contributed by atoms with van der Waals surface area (Å²) in [7, 11) is -2.47. The van der Waals surface area contributed by atoms with E-state index in [-0.39, 0.29) is 28.8 Å². The van der Waals surface area contributed by atoms with E-state index in [2.05, 4.69) is 30.4 Å². The van der Waals surface area contributed by atoms with E-state index < -0.39 is 16.0 Å². The summed E-state index contributed by atoms with van der Waals surface area (Å²) < 4.78 is 32.0. The minimum atomic E-state index is -3.72. The molecule has 1 aliphatic heterocycles. The molecule has 10 heteroatoms. The van der Waals surface area contributed by atoms with Crippen molar-refractivity contribution in [2.75, 3.05) is 39.8 Å². The van der Waals surface area contributed by atoms with Gasteiger partial charge >= 0.3 is 5.97 Å². The van der Waals surface area contributed by atoms with Gasteiger partial charge in [0.05, 0.1) is 12.7 Å². The molecule has 0 unspecified atom stereocenters. The van der Waals surface area contributed by atoms with Gasteiger partial charge in [0.15, 0.2) is 0 Å². The van der Waals surface area contributed by atoms with Crippen molar-refractivity contribution in [3.63, 3.8) is 0 Å². The van der Waals surface area contributed by atoms with E-state index >= 15 is 0 Å². The molecule has 0 atom stereocenters. The van der Waals surface area contributed by atoms with Crippen LogP contribution in [-0.4, -0.2) is 80.3 Å². The standard InChI is InChI=1S/C23H31N3O5S2/c1-5-24(17(2)3)15-18-6-8-19(9-7-18)22(27)25-10-12-26(13-11-25)33(29,30)21-14-20(16-32-21)23(28)31-4/h6-9,14,16-17H,5,10-13,15H2,1-4H3. The van der Waals surface area contributed by atoms with Crippen molar-refractivity contribution >= 4 is 33.2 Å². The highest BCUT2D eigenvalue weighted by Crippen LogP contribution is 2.25. The number of hydrogen-bond acceptors (Lipinski definition) is 7. The highest BCUT2D eigenvalue weighted by molar-refractivity contribution is 7.91. The largest absolute Gasteiger partial charge is 0.465 e. The van der Waals surface area contributed by atoms with Crippen LogP contribution in [0.4, 0.5) is 0 Å². The maximum absolute atomic E-state index is 12.9. The third-order valence-electron chi connectivity index (χ3n) is 5.84. The van der Waals surface area contributed by atoms with E-state index in [4.69, 9.17) is 0 Å². The van der Waals surface area contributed by atoms with Gasteiger partial charge in [-0.05, 0) is 44.2 Å². The number of piperazine rings is 1. The van der Waals surface area contributed by atoms with Crippen LogP contribution in [0.15, 0.2) is 39.9 Å². The number of hydrogen-bond donors (Lipinski definition) is 0. The Labute approximate surface area is 199 Å². The van der Waals surface area contributed by atoms with Gasteiger partial charge in [0.1, 0.15) is 4.21 Å². The lowest BCUT2D eigenvalue weighted by Crippen LogP contribution is -2.50. The number of benzene rings is 1. The van der Waals surface area contributed by atoms with E-state index in [9.17, 15) is 18.0 Å². The molecule has 8 nitrogen and oxygen atoms in total. The van der Waals surface area contributed by atoms with Crippen molar-refractivity contribution in [2.45, 2.75) is 37.6 Å². The lowest BCUT2D eigenvalue weighted by atomic mass is 10.1. The average Bonchev–Trinajstić information content (AvgIpc) is 3.33. The summed E-state index contributed by atoms with van der Waals surface area (Å²) in [4.78, 5) is 28.6. The van der Waals surface area contributed by atoms with Crippen LogP contribution < -0.4 is 0 Å². The Morgan fingerprint density at radius 1 is 1.09 bits per heavy atom. The van der Waals surface area contributed by atoms with Gasteiger partial charge in [0, 0.05) is 49.7 Å². The van der Waals surface area contributed by atoms with Crippen molar-refractivity contribution in [3.05, 3.63) is 52.4 Å². The zero-order valence-corrected chi connectivity index (χ0v) is 21.1. The number of nitrogens with zero attached hydrogens (tertiary/aromatic N) is 3. The van der Waals surface area contributed by atoms with Gasteiger partial charge in [-0.2, -0.15) is 4.31 Å². The monoisotopic (exact) mass is 493 g/mol. The van der Waals surface area contributed by atoms with Gasteiger partial charge in [-0.25, -0.2) is 13.2 Å². The molecule has 2 heterocycles. The smallest absolute Gasteiger partial charge is 0.338 e. The fraction of sp³-hybridized carbons (Fsp3) is 0.478. The quantitative estimate of drug-likeness (QED) is 0.526. The number of rotatable bonds is 8. The molecule has 0 spiro atoms. The number of ether oxygens (including phenoxy) is 1. The lowest BCUT2D eigenvalue weighted by Gasteiger charge is -2.33. The van der Waals surface area contributed by atoms with Crippen molar-refractivity contribution in [2.24, 2.45) is 0 Å². The SMILES string of the molecule is CCN(Cc1ccc(C(=O)N2CCN(S(=O)(=O)c3cc(C(=O)OC)cs3)CC2)cc1)C(C)C. The van der Waals surface area contributed by atoms with E-state index in [0.717, 1.165) is 30.0 Å². The number of methoxy groups -OCH3 is 1. The second-order valence-corrected chi connectivity index (χ2v) is 11.3. The second kappa shape index (κ2) is 10.8. The summed E-state index contributed by atoms with van der Waals surface area (Å²) in [6.45, 7) is 9.29. The number of esters is 1. The Morgan fingerprint density at radius 2 is 1.73 bits per heavy atom. The number of carbonyl (C=O) groups is 2. The highest BCUT2D eigenvalue weighted by Gasteiger charge is 2.32. The molecule has 0 aliphatic carbocycles. The summed E-state index contributed by atoms with van der Waals surface area (Å²) in [5.41, 5.74) is 1.97. The summed E-state index contributed by atoms with van der Waals surface area (Å²) in [5, 5.41) is 1.48. The molecule has 1 saturated heterocycles. The van der Waals surface area contributed by atoms with Crippen LogP contribution in [0.2, 0.25) is 0 Å². The Bertz CT molecular complexity index is 1070. The van der Waals surface area contributed by atoms with Crippen LogP contribution in [0.25, 0.3) is 0 Å². The number of thiophene rings is 1. The average molecular weight is 494 g/mol. The molecule has 180 valence electrons. The van der Waals surface area contributed by atoms with Crippen molar-refractivity contribution in [3.8, 4) is 0 Å². The van der Waals surface area contributed by atoms with Crippen LogP contribution in [0.3, 0.4) is 0 Å². The zero-order valence-electron chi connectivity index (χ0n) is 19.5. The molecule has 0 bridgehead atoms. The van der Waals surface area contributed by atoms with Gasteiger partial charge in [0.25, 0.3) is 15.9 Å². The number of carbonyl (C=O) groups excluding carboxylic acids is 2. The minimum absolute atomic E-state index is 0.0980. The Hall–Kier alpha value is -2.27. The van der Waals surface area contributed by atoms with Gasteiger partial charge in [-0.1, -0.05) is 19.1 Å². The van der Waals surface area contributed by atoms with Gasteiger partial charge in [-0.3, -0.25) is 9.69 Å². The Balaban J connectivity index is 1.60. The maximum Gasteiger partial charge on any atom is 0.338 e. The number of amides is 1. The zero-order chi connectivity index (χ0) is 24.2. The molecule has 0 N–H and O–H groups in total. The van der Waals surface area contributed by atoms with Gasteiger partial charge in [-0.15, -0.1) is 11.3 Å². The minimum Gasteiger partial charge on any atom is -0.465 e. The van der Waals surface area contributed by atoms with Crippen molar-refractivity contribution in [1.82, 2.24) is 14.1 Å².